The summed E-state index contributed by atoms with van der Waals surface area (Å²) < 4.78 is 0. The van der Waals surface area contributed by atoms with Crippen LogP contribution in [0.15, 0.2) is 30.3 Å². The smallest absolute Gasteiger partial charge is 0.326 e. The number of rotatable bonds is 7. The van der Waals surface area contributed by atoms with Gasteiger partial charge in [0.2, 0.25) is 5.91 Å². The highest BCUT2D eigenvalue weighted by Crippen LogP contribution is 2.21. The fourth-order valence-corrected chi connectivity index (χ4v) is 2.03. The second-order valence-electron chi connectivity index (χ2n) is 4.56. The minimum atomic E-state index is -0.987. The number of hydrogen-bond donors (Lipinski definition) is 2. The third-order valence-corrected chi connectivity index (χ3v) is 3.12. The topological polar surface area (TPSA) is 66.4 Å². The highest BCUT2D eigenvalue weighted by Gasteiger charge is 2.24. The van der Waals surface area contributed by atoms with Crippen molar-refractivity contribution < 1.29 is 14.7 Å². The molecule has 0 aromatic heterocycles. The fourth-order valence-electron chi connectivity index (χ4n) is 2.03. The van der Waals surface area contributed by atoms with E-state index in [0.717, 1.165) is 12.0 Å². The minimum Gasteiger partial charge on any atom is -0.480 e. The minimum absolute atomic E-state index is 0.206. The van der Waals surface area contributed by atoms with Gasteiger partial charge in [-0.2, -0.15) is 0 Å². The molecule has 0 saturated carbocycles. The molecule has 0 aliphatic carbocycles. The molecule has 1 aromatic carbocycles. The molecule has 0 saturated heterocycles. The molecule has 4 heteroatoms. The average Bonchev–Trinajstić information content (AvgIpc) is 2.42. The van der Waals surface area contributed by atoms with E-state index >= 15 is 0 Å². The Morgan fingerprint density at radius 3 is 2.32 bits per heavy atom. The molecule has 2 atom stereocenters. The monoisotopic (exact) mass is 263 g/mol. The third-order valence-electron chi connectivity index (χ3n) is 3.12. The fraction of sp³-hybridized carbons (Fsp3) is 0.467. The van der Waals surface area contributed by atoms with Crippen molar-refractivity contribution in [3.63, 3.8) is 0 Å². The molecular weight excluding hydrogens is 242 g/mol. The number of aliphatic carboxylic acids is 1. The SMILES string of the molecule is CCCC(C(=O)NC(CC)C(=O)O)c1ccccc1. The predicted molar refractivity (Wildman–Crippen MR) is 73.9 cm³/mol. The van der Waals surface area contributed by atoms with Crippen molar-refractivity contribution in [2.24, 2.45) is 0 Å². The van der Waals surface area contributed by atoms with E-state index in [0.29, 0.717) is 12.8 Å². The predicted octanol–water partition coefficient (Wildman–Crippen LogP) is 2.55. The molecule has 0 spiro atoms. The number of carboxylic acids is 1. The van der Waals surface area contributed by atoms with Gasteiger partial charge in [-0.25, -0.2) is 4.79 Å². The van der Waals surface area contributed by atoms with Gasteiger partial charge < -0.3 is 10.4 Å². The van der Waals surface area contributed by atoms with Gasteiger partial charge in [0, 0.05) is 0 Å². The number of carboxylic acid groups (broad SMARTS) is 1. The molecule has 1 rings (SSSR count). The molecule has 1 amide bonds. The number of benzene rings is 1. The number of nitrogens with one attached hydrogen (secondary N) is 1. The van der Waals surface area contributed by atoms with Crippen LogP contribution in [0.4, 0.5) is 0 Å². The van der Waals surface area contributed by atoms with E-state index in [1.54, 1.807) is 6.92 Å². The molecule has 0 heterocycles. The number of hydrogen-bond acceptors (Lipinski definition) is 2. The van der Waals surface area contributed by atoms with Crippen molar-refractivity contribution in [2.45, 2.75) is 45.1 Å². The van der Waals surface area contributed by atoms with Crippen LogP contribution in [0.5, 0.6) is 0 Å². The largest absolute Gasteiger partial charge is 0.480 e. The second-order valence-corrected chi connectivity index (χ2v) is 4.56. The summed E-state index contributed by atoms with van der Waals surface area (Å²) in [7, 11) is 0. The third kappa shape index (κ3) is 4.39. The Labute approximate surface area is 113 Å². The summed E-state index contributed by atoms with van der Waals surface area (Å²) in [5.41, 5.74) is 0.932. The van der Waals surface area contributed by atoms with Gasteiger partial charge in [-0.15, -0.1) is 0 Å². The summed E-state index contributed by atoms with van der Waals surface area (Å²) in [5.74, 6) is -1.47. The van der Waals surface area contributed by atoms with Crippen LogP contribution in [0.25, 0.3) is 0 Å². The van der Waals surface area contributed by atoms with Crippen LogP contribution < -0.4 is 5.32 Å². The molecule has 2 N–H and O–H groups in total. The van der Waals surface area contributed by atoms with Crippen LogP contribution in [0.2, 0.25) is 0 Å². The zero-order chi connectivity index (χ0) is 14.3. The summed E-state index contributed by atoms with van der Waals surface area (Å²) in [6.07, 6.45) is 1.97. The Hall–Kier alpha value is -1.84. The van der Waals surface area contributed by atoms with Gasteiger partial charge in [-0.1, -0.05) is 50.6 Å². The number of carbonyl (C=O) groups excluding carboxylic acids is 1. The molecule has 0 fully saturated rings. The first-order chi connectivity index (χ1) is 9.10. The van der Waals surface area contributed by atoms with Gasteiger partial charge in [-0.3, -0.25) is 4.79 Å². The summed E-state index contributed by atoms with van der Waals surface area (Å²) >= 11 is 0. The molecular formula is C15H21NO3. The maximum Gasteiger partial charge on any atom is 0.326 e. The summed E-state index contributed by atoms with van der Waals surface area (Å²) in [4.78, 5) is 23.2. The summed E-state index contributed by atoms with van der Waals surface area (Å²) in [6.45, 7) is 3.76. The van der Waals surface area contributed by atoms with Gasteiger partial charge in [-0.05, 0) is 18.4 Å². The lowest BCUT2D eigenvalue weighted by Crippen LogP contribution is -2.42. The lowest BCUT2D eigenvalue weighted by Gasteiger charge is -2.19. The van der Waals surface area contributed by atoms with Gasteiger partial charge in [0.05, 0.1) is 5.92 Å². The number of amides is 1. The Kier molecular flexibility index (Phi) is 6.06. The van der Waals surface area contributed by atoms with E-state index in [2.05, 4.69) is 5.32 Å². The maximum absolute atomic E-state index is 12.2. The molecule has 104 valence electrons. The van der Waals surface area contributed by atoms with Gasteiger partial charge in [0.1, 0.15) is 6.04 Å². The second kappa shape index (κ2) is 7.56. The van der Waals surface area contributed by atoms with Crippen LogP contribution in [-0.2, 0) is 9.59 Å². The van der Waals surface area contributed by atoms with E-state index in [4.69, 9.17) is 5.11 Å². The lowest BCUT2D eigenvalue weighted by atomic mass is 9.93. The van der Waals surface area contributed by atoms with Crippen LogP contribution in [0.1, 0.15) is 44.6 Å². The average molecular weight is 263 g/mol. The van der Waals surface area contributed by atoms with Crippen molar-refractivity contribution in [3.8, 4) is 0 Å². The highest BCUT2D eigenvalue weighted by molar-refractivity contribution is 5.88. The van der Waals surface area contributed by atoms with Gasteiger partial charge >= 0.3 is 5.97 Å². The quantitative estimate of drug-likeness (QED) is 0.794. The molecule has 0 bridgehead atoms. The molecule has 2 unspecified atom stereocenters. The van der Waals surface area contributed by atoms with Crippen LogP contribution in [-0.4, -0.2) is 23.0 Å². The summed E-state index contributed by atoms with van der Waals surface area (Å²) in [5, 5.41) is 11.6. The molecule has 0 aliphatic rings. The van der Waals surface area contributed by atoms with Gasteiger partial charge in [0.25, 0.3) is 0 Å². The highest BCUT2D eigenvalue weighted by atomic mass is 16.4. The molecule has 0 aliphatic heterocycles. The Morgan fingerprint density at radius 2 is 1.84 bits per heavy atom. The first kappa shape index (κ1) is 15.2. The molecule has 1 aromatic rings. The Bertz CT molecular complexity index is 417. The standard InChI is InChI=1S/C15H21NO3/c1-3-8-12(11-9-6-5-7-10-11)14(17)16-13(4-2)15(18)19/h5-7,9-10,12-13H,3-4,8H2,1-2H3,(H,16,17)(H,18,19). The molecule has 19 heavy (non-hydrogen) atoms. The van der Waals surface area contributed by atoms with Crippen LogP contribution in [0, 0.1) is 0 Å². The lowest BCUT2D eigenvalue weighted by molar-refractivity contribution is -0.142. The summed E-state index contributed by atoms with van der Waals surface area (Å²) in [6, 6.07) is 8.68. The van der Waals surface area contributed by atoms with E-state index in [-0.39, 0.29) is 11.8 Å². The molecule has 4 nitrogen and oxygen atoms in total. The van der Waals surface area contributed by atoms with Crippen LogP contribution >= 0.6 is 0 Å². The zero-order valence-corrected chi connectivity index (χ0v) is 11.4. The zero-order valence-electron chi connectivity index (χ0n) is 11.4. The first-order valence-corrected chi connectivity index (χ1v) is 6.68. The van der Waals surface area contributed by atoms with E-state index in [9.17, 15) is 9.59 Å². The van der Waals surface area contributed by atoms with Gasteiger partial charge in [0.15, 0.2) is 0 Å². The number of carbonyl (C=O) groups is 2. The van der Waals surface area contributed by atoms with Crippen molar-refractivity contribution >= 4 is 11.9 Å². The van der Waals surface area contributed by atoms with Crippen molar-refractivity contribution in [2.75, 3.05) is 0 Å². The van der Waals surface area contributed by atoms with Crippen molar-refractivity contribution in [1.29, 1.82) is 0 Å². The van der Waals surface area contributed by atoms with Crippen molar-refractivity contribution in [3.05, 3.63) is 35.9 Å². The van der Waals surface area contributed by atoms with Crippen molar-refractivity contribution in [1.82, 2.24) is 5.32 Å². The van der Waals surface area contributed by atoms with E-state index in [1.807, 2.05) is 37.3 Å². The molecule has 0 radical (unpaired) electrons. The van der Waals surface area contributed by atoms with E-state index in [1.165, 1.54) is 0 Å². The first-order valence-electron chi connectivity index (χ1n) is 6.68. The maximum atomic E-state index is 12.2. The van der Waals surface area contributed by atoms with E-state index < -0.39 is 12.0 Å². The normalized spacial score (nSPS) is 13.6. The Morgan fingerprint density at radius 1 is 1.21 bits per heavy atom. The Balaban J connectivity index is 2.82. The van der Waals surface area contributed by atoms with Crippen LogP contribution in [0.3, 0.4) is 0 Å².